The van der Waals surface area contributed by atoms with Gasteiger partial charge in [0.05, 0.1) is 11.6 Å². The van der Waals surface area contributed by atoms with Crippen LogP contribution in [0.2, 0.25) is 0 Å². The van der Waals surface area contributed by atoms with Crippen molar-refractivity contribution in [2.45, 2.75) is 39.3 Å². The molecule has 0 unspecified atom stereocenters. The highest BCUT2D eigenvalue weighted by atomic mass is 16.2. The summed E-state index contributed by atoms with van der Waals surface area (Å²) in [5.41, 5.74) is 5.05. The van der Waals surface area contributed by atoms with Gasteiger partial charge in [0.1, 0.15) is 11.9 Å². The normalized spacial score (nSPS) is 17.0. The molecule has 1 aliphatic heterocycles. The zero-order valence-electron chi connectivity index (χ0n) is 18.8. The van der Waals surface area contributed by atoms with Crippen LogP contribution in [0.1, 0.15) is 44.4 Å². The van der Waals surface area contributed by atoms with Crippen molar-refractivity contribution in [3.8, 4) is 17.2 Å². The van der Waals surface area contributed by atoms with Crippen LogP contribution < -0.4 is 15.5 Å². The Kier molecular flexibility index (Phi) is 6.09. The lowest BCUT2D eigenvalue weighted by Gasteiger charge is -2.39. The lowest BCUT2D eigenvalue weighted by atomic mass is 9.89. The highest BCUT2D eigenvalue weighted by Crippen LogP contribution is 2.41. The van der Waals surface area contributed by atoms with Gasteiger partial charge >= 0.3 is 0 Å². The average molecular weight is 440 g/mol. The topological polar surface area (TPSA) is 98.1 Å². The molecule has 166 valence electrons. The van der Waals surface area contributed by atoms with E-state index in [1.807, 2.05) is 48.2 Å². The standard InChI is InChI=1S/C26H25N5O2/c1-16-11-24(30-26-10-7-19(14-27)15-28-26)23-13-21(8-9-25(23)31(16)18(3)33)20-5-4-6-22(12-20)29-17(2)32/h4-10,12-13,15-16,24H,11H2,1-3H3,(H,28,30)(H,29,32)/t16-,24+/m0/s1. The first-order valence-electron chi connectivity index (χ1n) is 10.8. The maximum Gasteiger partial charge on any atom is 0.224 e. The van der Waals surface area contributed by atoms with E-state index in [1.54, 1.807) is 25.3 Å². The van der Waals surface area contributed by atoms with Crippen molar-refractivity contribution in [2.75, 3.05) is 15.5 Å². The van der Waals surface area contributed by atoms with Crippen LogP contribution in [0.5, 0.6) is 0 Å². The number of pyridine rings is 1. The molecule has 2 aromatic carbocycles. The van der Waals surface area contributed by atoms with E-state index >= 15 is 0 Å². The minimum Gasteiger partial charge on any atom is -0.363 e. The molecule has 1 aromatic heterocycles. The van der Waals surface area contributed by atoms with Crippen molar-refractivity contribution in [3.05, 3.63) is 71.9 Å². The quantitative estimate of drug-likeness (QED) is 0.604. The van der Waals surface area contributed by atoms with Crippen molar-refractivity contribution in [1.82, 2.24) is 4.98 Å². The van der Waals surface area contributed by atoms with Gasteiger partial charge in [-0.15, -0.1) is 0 Å². The third-order valence-corrected chi connectivity index (χ3v) is 5.75. The van der Waals surface area contributed by atoms with Crippen molar-refractivity contribution in [2.24, 2.45) is 0 Å². The summed E-state index contributed by atoms with van der Waals surface area (Å²) in [5, 5.41) is 15.3. The van der Waals surface area contributed by atoms with Gasteiger partial charge in [0.25, 0.3) is 0 Å². The number of nitrogens with zero attached hydrogens (tertiary/aromatic N) is 3. The van der Waals surface area contributed by atoms with Crippen LogP contribution >= 0.6 is 0 Å². The first kappa shape index (κ1) is 22.0. The maximum absolute atomic E-state index is 12.4. The summed E-state index contributed by atoms with van der Waals surface area (Å²) in [6.45, 7) is 5.10. The molecule has 2 N–H and O–H groups in total. The molecule has 33 heavy (non-hydrogen) atoms. The first-order valence-corrected chi connectivity index (χ1v) is 10.8. The number of hydrogen-bond acceptors (Lipinski definition) is 5. The van der Waals surface area contributed by atoms with Crippen LogP contribution in [0.4, 0.5) is 17.2 Å². The number of nitrogens with one attached hydrogen (secondary N) is 2. The van der Waals surface area contributed by atoms with E-state index in [2.05, 4.69) is 27.8 Å². The Morgan fingerprint density at radius 1 is 1.09 bits per heavy atom. The number of carbonyl (C=O) groups excluding carboxylic acids is 2. The molecule has 1 aliphatic rings. The van der Waals surface area contributed by atoms with Crippen molar-refractivity contribution in [1.29, 1.82) is 5.26 Å². The zero-order chi connectivity index (χ0) is 23.5. The number of aromatic nitrogens is 1. The average Bonchev–Trinajstić information content (AvgIpc) is 2.79. The molecule has 0 spiro atoms. The van der Waals surface area contributed by atoms with E-state index in [4.69, 9.17) is 5.26 Å². The van der Waals surface area contributed by atoms with E-state index < -0.39 is 0 Å². The number of benzene rings is 2. The number of amides is 2. The predicted octanol–water partition coefficient (Wildman–Crippen LogP) is 4.88. The molecule has 0 saturated carbocycles. The number of fused-ring (bicyclic) bond motifs is 1. The lowest BCUT2D eigenvalue weighted by Crippen LogP contribution is -2.43. The van der Waals surface area contributed by atoms with Gasteiger partial charge in [-0.05, 0) is 66.4 Å². The summed E-state index contributed by atoms with van der Waals surface area (Å²) in [7, 11) is 0. The molecule has 0 bridgehead atoms. The van der Waals surface area contributed by atoms with Crippen LogP contribution in [0.15, 0.2) is 60.8 Å². The molecule has 3 aromatic rings. The Balaban J connectivity index is 1.74. The predicted molar refractivity (Wildman–Crippen MR) is 129 cm³/mol. The highest BCUT2D eigenvalue weighted by molar-refractivity contribution is 5.94. The fourth-order valence-electron chi connectivity index (χ4n) is 4.36. The van der Waals surface area contributed by atoms with Gasteiger partial charge < -0.3 is 15.5 Å². The SMILES string of the molecule is CC(=O)Nc1cccc(-c2ccc3c(c2)[C@H](Nc2ccc(C#N)cn2)C[C@H](C)N3C(C)=O)c1. The molecule has 0 saturated heterocycles. The van der Waals surface area contributed by atoms with Crippen molar-refractivity contribution < 1.29 is 9.59 Å². The van der Waals surface area contributed by atoms with E-state index in [9.17, 15) is 9.59 Å². The van der Waals surface area contributed by atoms with Crippen molar-refractivity contribution in [3.63, 3.8) is 0 Å². The fourth-order valence-corrected chi connectivity index (χ4v) is 4.36. The third kappa shape index (κ3) is 4.70. The monoisotopic (exact) mass is 439 g/mol. The van der Waals surface area contributed by atoms with Gasteiger partial charge in [0, 0.05) is 37.5 Å². The molecule has 2 heterocycles. The highest BCUT2D eigenvalue weighted by Gasteiger charge is 2.32. The van der Waals surface area contributed by atoms with Crippen LogP contribution in [0.3, 0.4) is 0 Å². The summed E-state index contributed by atoms with van der Waals surface area (Å²) in [6.07, 6.45) is 2.25. The summed E-state index contributed by atoms with van der Waals surface area (Å²) < 4.78 is 0. The van der Waals surface area contributed by atoms with Crippen LogP contribution in [0.25, 0.3) is 11.1 Å². The molecule has 2 atom stereocenters. The fraction of sp³-hybridized carbons (Fsp3) is 0.231. The van der Waals surface area contributed by atoms with Gasteiger partial charge in [0.15, 0.2) is 0 Å². The van der Waals surface area contributed by atoms with Crippen molar-refractivity contribution >= 4 is 29.0 Å². The Bertz CT molecular complexity index is 1250. The molecular formula is C26H25N5O2. The van der Waals surface area contributed by atoms with Crippen LogP contribution in [0, 0.1) is 11.3 Å². The summed E-state index contributed by atoms with van der Waals surface area (Å²) in [6, 6.07) is 19.3. The molecule has 0 aliphatic carbocycles. The zero-order valence-corrected chi connectivity index (χ0v) is 18.8. The second kappa shape index (κ2) is 9.13. The second-order valence-corrected chi connectivity index (χ2v) is 8.25. The summed E-state index contributed by atoms with van der Waals surface area (Å²) >= 11 is 0. The smallest absolute Gasteiger partial charge is 0.224 e. The molecule has 0 fully saturated rings. The molecular weight excluding hydrogens is 414 g/mol. The largest absolute Gasteiger partial charge is 0.363 e. The van der Waals surface area contributed by atoms with Gasteiger partial charge in [-0.25, -0.2) is 4.98 Å². The van der Waals surface area contributed by atoms with E-state index in [0.29, 0.717) is 17.8 Å². The molecule has 4 rings (SSSR count). The number of anilines is 3. The number of carbonyl (C=O) groups is 2. The number of rotatable bonds is 4. The Hall–Kier alpha value is -4.18. The summed E-state index contributed by atoms with van der Waals surface area (Å²) in [4.78, 5) is 30.1. The van der Waals surface area contributed by atoms with Crippen LogP contribution in [-0.2, 0) is 9.59 Å². The van der Waals surface area contributed by atoms with E-state index in [0.717, 1.165) is 28.1 Å². The van der Waals surface area contributed by atoms with Gasteiger partial charge in [-0.3, -0.25) is 9.59 Å². The van der Waals surface area contributed by atoms with Gasteiger partial charge in [0.2, 0.25) is 11.8 Å². The third-order valence-electron chi connectivity index (χ3n) is 5.75. The molecule has 7 heteroatoms. The summed E-state index contributed by atoms with van der Waals surface area (Å²) in [5.74, 6) is 0.549. The number of nitriles is 1. The second-order valence-electron chi connectivity index (χ2n) is 8.25. The minimum atomic E-state index is -0.122. The van der Waals surface area contributed by atoms with E-state index in [-0.39, 0.29) is 23.9 Å². The minimum absolute atomic E-state index is 0.000830. The Morgan fingerprint density at radius 2 is 1.88 bits per heavy atom. The maximum atomic E-state index is 12.4. The molecule has 7 nitrogen and oxygen atoms in total. The lowest BCUT2D eigenvalue weighted by molar-refractivity contribution is -0.117. The Labute approximate surface area is 193 Å². The number of hydrogen-bond donors (Lipinski definition) is 2. The van der Waals surface area contributed by atoms with Gasteiger partial charge in [-0.2, -0.15) is 5.26 Å². The first-order chi connectivity index (χ1) is 15.9. The van der Waals surface area contributed by atoms with Crippen LogP contribution in [-0.4, -0.2) is 22.8 Å². The Morgan fingerprint density at radius 3 is 2.55 bits per heavy atom. The van der Waals surface area contributed by atoms with Gasteiger partial charge in [-0.1, -0.05) is 18.2 Å². The molecule has 2 amide bonds. The van der Waals surface area contributed by atoms with E-state index in [1.165, 1.54) is 6.92 Å². The molecule has 0 radical (unpaired) electrons.